The fourth-order valence-electron chi connectivity index (χ4n) is 2.67. The highest BCUT2D eigenvalue weighted by molar-refractivity contribution is 7.15. The van der Waals surface area contributed by atoms with E-state index in [1.807, 2.05) is 23.6 Å². The molecule has 4 rings (SSSR count). The SMILES string of the molecule is Cc1csc2ncc(C(=O)Nc3cc(Cl)ccc3Oc3ccccc3)c(=O)n12. The van der Waals surface area contributed by atoms with E-state index < -0.39 is 11.5 Å². The fourth-order valence-corrected chi connectivity index (χ4v) is 3.67. The van der Waals surface area contributed by atoms with Gasteiger partial charge in [0.25, 0.3) is 11.5 Å². The fraction of sp³-hybridized carbons (Fsp3) is 0.0500. The molecule has 140 valence electrons. The van der Waals surface area contributed by atoms with Gasteiger partial charge in [-0.2, -0.15) is 0 Å². The van der Waals surface area contributed by atoms with Gasteiger partial charge in [-0.15, -0.1) is 11.3 Å². The van der Waals surface area contributed by atoms with Crippen molar-refractivity contribution in [3.05, 3.63) is 86.7 Å². The molecule has 0 atom stereocenters. The van der Waals surface area contributed by atoms with Crippen molar-refractivity contribution in [2.45, 2.75) is 6.92 Å². The standard InChI is InChI=1S/C20H14ClN3O3S/c1-12-11-28-20-22-10-15(19(26)24(12)20)18(25)23-16-9-13(21)7-8-17(16)27-14-5-3-2-4-6-14/h2-11H,1H3,(H,23,25). The first-order valence-corrected chi connectivity index (χ1v) is 9.58. The van der Waals surface area contributed by atoms with E-state index in [4.69, 9.17) is 16.3 Å². The average molecular weight is 412 g/mol. The number of aromatic nitrogens is 2. The van der Waals surface area contributed by atoms with Crippen LogP contribution in [0.25, 0.3) is 4.96 Å². The second-order valence-electron chi connectivity index (χ2n) is 5.98. The number of aryl methyl sites for hydroxylation is 1. The Morgan fingerprint density at radius 3 is 2.79 bits per heavy atom. The molecule has 2 heterocycles. The van der Waals surface area contributed by atoms with Crippen LogP contribution in [0.15, 0.2) is 64.9 Å². The largest absolute Gasteiger partial charge is 0.455 e. The normalized spacial score (nSPS) is 10.8. The molecule has 0 unspecified atom stereocenters. The number of halogens is 1. The first-order chi connectivity index (χ1) is 13.5. The molecule has 0 aliphatic rings. The number of nitrogens with zero attached hydrogens (tertiary/aromatic N) is 2. The summed E-state index contributed by atoms with van der Waals surface area (Å²) in [5.74, 6) is 0.430. The molecule has 0 radical (unpaired) electrons. The van der Waals surface area contributed by atoms with Gasteiger partial charge in [0, 0.05) is 22.3 Å². The molecule has 0 aliphatic carbocycles. The van der Waals surface area contributed by atoms with Gasteiger partial charge in [0.1, 0.15) is 11.3 Å². The number of carbonyl (C=O) groups excluding carboxylic acids is 1. The minimum absolute atomic E-state index is 0.0652. The number of carbonyl (C=O) groups is 1. The molecule has 1 N–H and O–H groups in total. The molecule has 4 aromatic rings. The van der Waals surface area contributed by atoms with Crippen LogP contribution in [-0.4, -0.2) is 15.3 Å². The predicted octanol–water partition coefficient (Wildman–Crippen LogP) is 4.76. The van der Waals surface area contributed by atoms with Gasteiger partial charge in [0.2, 0.25) is 0 Å². The summed E-state index contributed by atoms with van der Waals surface area (Å²) in [6.45, 7) is 1.79. The summed E-state index contributed by atoms with van der Waals surface area (Å²) in [4.78, 5) is 30.2. The highest BCUT2D eigenvalue weighted by atomic mass is 35.5. The molecule has 6 nitrogen and oxygen atoms in total. The smallest absolute Gasteiger partial charge is 0.271 e. The van der Waals surface area contributed by atoms with Crippen LogP contribution in [0.4, 0.5) is 5.69 Å². The lowest BCUT2D eigenvalue weighted by Gasteiger charge is -2.12. The maximum Gasteiger partial charge on any atom is 0.271 e. The zero-order chi connectivity index (χ0) is 19.7. The quantitative estimate of drug-likeness (QED) is 0.525. The molecular weight excluding hydrogens is 398 g/mol. The monoisotopic (exact) mass is 411 g/mol. The Hall–Kier alpha value is -3.16. The van der Waals surface area contributed by atoms with E-state index >= 15 is 0 Å². The number of anilines is 1. The Kier molecular flexibility index (Phi) is 4.85. The molecule has 0 bridgehead atoms. The number of amides is 1. The van der Waals surface area contributed by atoms with Crippen molar-refractivity contribution in [1.29, 1.82) is 0 Å². The second kappa shape index (κ2) is 7.46. The van der Waals surface area contributed by atoms with Crippen molar-refractivity contribution in [3.63, 3.8) is 0 Å². The molecule has 0 spiro atoms. The Morgan fingerprint density at radius 1 is 1.21 bits per heavy atom. The van der Waals surface area contributed by atoms with E-state index in [0.717, 1.165) is 5.69 Å². The van der Waals surface area contributed by atoms with Crippen LogP contribution in [0.1, 0.15) is 16.1 Å². The van der Waals surface area contributed by atoms with Crippen LogP contribution < -0.4 is 15.6 Å². The highest BCUT2D eigenvalue weighted by Crippen LogP contribution is 2.32. The van der Waals surface area contributed by atoms with E-state index in [1.165, 1.54) is 21.9 Å². The molecular formula is C20H14ClN3O3S. The Balaban J connectivity index is 1.68. The lowest BCUT2D eigenvalue weighted by molar-refractivity contribution is 0.102. The van der Waals surface area contributed by atoms with E-state index in [-0.39, 0.29) is 5.56 Å². The zero-order valence-corrected chi connectivity index (χ0v) is 16.3. The number of hydrogen-bond donors (Lipinski definition) is 1. The minimum atomic E-state index is -0.585. The van der Waals surface area contributed by atoms with E-state index in [0.29, 0.717) is 27.2 Å². The summed E-state index contributed by atoms with van der Waals surface area (Å²) in [5.41, 5.74) is 0.592. The van der Waals surface area contributed by atoms with Gasteiger partial charge in [0.05, 0.1) is 5.69 Å². The summed E-state index contributed by atoms with van der Waals surface area (Å²) >= 11 is 7.42. The summed E-state index contributed by atoms with van der Waals surface area (Å²) in [6, 6.07) is 14.0. The molecule has 0 saturated heterocycles. The van der Waals surface area contributed by atoms with Crippen LogP contribution in [0.3, 0.4) is 0 Å². The summed E-state index contributed by atoms with van der Waals surface area (Å²) in [5, 5.41) is 4.95. The van der Waals surface area contributed by atoms with Crippen LogP contribution in [0, 0.1) is 6.92 Å². The van der Waals surface area contributed by atoms with Crippen molar-refractivity contribution in [2.75, 3.05) is 5.32 Å². The van der Waals surface area contributed by atoms with Gasteiger partial charge in [-0.25, -0.2) is 4.98 Å². The van der Waals surface area contributed by atoms with Crippen molar-refractivity contribution >= 4 is 39.5 Å². The first-order valence-electron chi connectivity index (χ1n) is 8.32. The van der Waals surface area contributed by atoms with Crippen molar-refractivity contribution in [2.24, 2.45) is 0 Å². The summed E-state index contributed by atoms with van der Waals surface area (Å²) < 4.78 is 7.25. The molecule has 28 heavy (non-hydrogen) atoms. The van der Waals surface area contributed by atoms with Gasteiger partial charge in [-0.3, -0.25) is 14.0 Å². The number of thiazole rings is 1. The highest BCUT2D eigenvalue weighted by Gasteiger charge is 2.17. The number of nitrogens with one attached hydrogen (secondary N) is 1. The Morgan fingerprint density at radius 2 is 2.00 bits per heavy atom. The van der Waals surface area contributed by atoms with Crippen LogP contribution in [-0.2, 0) is 0 Å². The number of hydrogen-bond acceptors (Lipinski definition) is 5. The van der Waals surface area contributed by atoms with Crippen LogP contribution in [0.5, 0.6) is 11.5 Å². The predicted molar refractivity (Wildman–Crippen MR) is 110 cm³/mol. The minimum Gasteiger partial charge on any atom is -0.455 e. The summed E-state index contributed by atoms with van der Waals surface area (Å²) in [6.07, 6.45) is 1.28. The first kappa shape index (κ1) is 18.2. The van der Waals surface area contributed by atoms with Gasteiger partial charge in [-0.05, 0) is 37.3 Å². The number of rotatable bonds is 4. The third kappa shape index (κ3) is 3.49. The zero-order valence-electron chi connectivity index (χ0n) is 14.7. The molecule has 2 aromatic heterocycles. The van der Waals surface area contributed by atoms with E-state index in [1.54, 1.807) is 37.3 Å². The van der Waals surface area contributed by atoms with Crippen LogP contribution in [0.2, 0.25) is 5.02 Å². The molecule has 2 aromatic carbocycles. The maximum atomic E-state index is 12.8. The third-order valence-electron chi connectivity index (χ3n) is 4.02. The van der Waals surface area contributed by atoms with E-state index in [9.17, 15) is 9.59 Å². The van der Waals surface area contributed by atoms with Gasteiger partial charge < -0.3 is 10.1 Å². The van der Waals surface area contributed by atoms with Gasteiger partial charge in [-0.1, -0.05) is 29.8 Å². The molecule has 0 saturated carbocycles. The second-order valence-corrected chi connectivity index (χ2v) is 7.25. The Labute approximate surface area is 169 Å². The lowest BCUT2D eigenvalue weighted by Crippen LogP contribution is -2.26. The Bertz CT molecular complexity index is 1230. The molecule has 1 amide bonds. The third-order valence-corrected chi connectivity index (χ3v) is 5.21. The van der Waals surface area contributed by atoms with Crippen LogP contribution >= 0.6 is 22.9 Å². The van der Waals surface area contributed by atoms with Gasteiger partial charge >= 0.3 is 0 Å². The number of fused-ring (bicyclic) bond motifs is 1. The topological polar surface area (TPSA) is 72.7 Å². The van der Waals surface area contributed by atoms with E-state index in [2.05, 4.69) is 10.3 Å². The van der Waals surface area contributed by atoms with Crippen molar-refractivity contribution in [1.82, 2.24) is 9.38 Å². The summed E-state index contributed by atoms with van der Waals surface area (Å²) in [7, 11) is 0. The number of ether oxygens (including phenoxy) is 1. The number of para-hydroxylation sites is 1. The molecule has 0 aliphatic heterocycles. The molecule has 8 heteroatoms. The maximum absolute atomic E-state index is 12.8. The lowest BCUT2D eigenvalue weighted by atomic mass is 10.2. The average Bonchev–Trinajstić information content (AvgIpc) is 3.07. The van der Waals surface area contributed by atoms with Gasteiger partial charge in [0.15, 0.2) is 10.7 Å². The molecule has 0 fully saturated rings. The number of benzene rings is 2. The van der Waals surface area contributed by atoms with Crippen molar-refractivity contribution < 1.29 is 9.53 Å². The van der Waals surface area contributed by atoms with Crippen molar-refractivity contribution in [3.8, 4) is 11.5 Å².